The average Bonchev–Trinajstić information content (AvgIpc) is 2.35. The first-order valence-electron chi connectivity index (χ1n) is 6.87. The maximum Gasteiger partial charge on any atom is 0.240 e. The highest BCUT2D eigenvalue weighted by atomic mass is 32.2. The van der Waals surface area contributed by atoms with Gasteiger partial charge < -0.3 is 10.5 Å². The Labute approximate surface area is 120 Å². The lowest BCUT2D eigenvalue weighted by Crippen LogP contribution is -2.40. The molecule has 0 radical (unpaired) electrons. The van der Waals surface area contributed by atoms with Crippen LogP contribution < -0.4 is 15.2 Å². The van der Waals surface area contributed by atoms with Crippen molar-refractivity contribution in [2.45, 2.75) is 43.7 Å². The van der Waals surface area contributed by atoms with Gasteiger partial charge in [-0.25, -0.2) is 13.1 Å². The van der Waals surface area contributed by atoms with Gasteiger partial charge in [0.15, 0.2) is 0 Å². The Balaban J connectivity index is 2.20. The molecule has 1 aromatic rings. The molecule has 20 heavy (non-hydrogen) atoms. The second-order valence-electron chi connectivity index (χ2n) is 5.28. The summed E-state index contributed by atoms with van der Waals surface area (Å²) in [7, 11) is -1.96. The summed E-state index contributed by atoms with van der Waals surface area (Å²) in [5.41, 5.74) is 6.31. The molecule has 0 spiro atoms. The number of rotatable bonds is 6. The molecular formula is C14H22N2O3S. The van der Waals surface area contributed by atoms with E-state index in [9.17, 15) is 8.42 Å². The summed E-state index contributed by atoms with van der Waals surface area (Å²) >= 11 is 0. The van der Waals surface area contributed by atoms with Gasteiger partial charge in [-0.05, 0) is 43.9 Å². The molecule has 0 aromatic heterocycles. The Hall–Kier alpha value is -1.11. The molecule has 0 bridgehead atoms. The van der Waals surface area contributed by atoms with E-state index in [0.29, 0.717) is 17.2 Å². The van der Waals surface area contributed by atoms with Gasteiger partial charge in [0.05, 0.1) is 12.0 Å². The van der Waals surface area contributed by atoms with E-state index in [4.69, 9.17) is 10.5 Å². The van der Waals surface area contributed by atoms with Crippen molar-refractivity contribution in [3.05, 3.63) is 23.8 Å². The molecule has 1 atom stereocenters. The number of hydrogen-bond acceptors (Lipinski definition) is 4. The van der Waals surface area contributed by atoms with Crippen molar-refractivity contribution in [2.75, 3.05) is 7.11 Å². The van der Waals surface area contributed by atoms with E-state index in [-0.39, 0.29) is 17.5 Å². The molecule has 2 rings (SSSR count). The Morgan fingerprint density at radius 2 is 2.15 bits per heavy atom. The van der Waals surface area contributed by atoms with Gasteiger partial charge in [-0.2, -0.15) is 0 Å². The number of sulfonamides is 1. The molecule has 6 heteroatoms. The summed E-state index contributed by atoms with van der Waals surface area (Å²) in [6, 6.07) is 4.74. The summed E-state index contributed by atoms with van der Waals surface area (Å²) in [5, 5.41) is 0. The van der Waals surface area contributed by atoms with Crippen LogP contribution >= 0.6 is 0 Å². The number of hydrogen-bond donors (Lipinski definition) is 2. The largest absolute Gasteiger partial charge is 0.496 e. The van der Waals surface area contributed by atoms with Gasteiger partial charge in [-0.15, -0.1) is 0 Å². The van der Waals surface area contributed by atoms with Crippen molar-refractivity contribution in [1.29, 1.82) is 0 Å². The summed E-state index contributed by atoms with van der Waals surface area (Å²) in [6.45, 7) is 2.17. The minimum atomic E-state index is -3.50. The SMILES string of the molecule is COc1ccc(S(=O)(=O)NC(C)C2CCC2)cc1CN. The van der Waals surface area contributed by atoms with Gasteiger partial charge >= 0.3 is 0 Å². The molecule has 1 fully saturated rings. The molecular weight excluding hydrogens is 276 g/mol. The van der Waals surface area contributed by atoms with Gasteiger partial charge in [-0.1, -0.05) is 6.42 Å². The van der Waals surface area contributed by atoms with Crippen LogP contribution in [0.4, 0.5) is 0 Å². The van der Waals surface area contributed by atoms with Gasteiger partial charge in [0.25, 0.3) is 0 Å². The summed E-state index contributed by atoms with van der Waals surface area (Å²) in [4.78, 5) is 0.241. The number of benzene rings is 1. The fraction of sp³-hybridized carbons (Fsp3) is 0.571. The molecule has 5 nitrogen and oxygen atoms in total. The van der Waals surface area contributed by atoms with E-state index in [1.54, 1.807) is 25.3 Å². The van der Waals surface area contributed by atoms with Crippen LogP contribution in [0.5, 0.6) is 5.75 Å². The van der Waals surface area contributed by atoms with Gasteiger partial charge in [0.1, 0.15) is 5.75 Å². The highest BCUT2D eigenvalue weighted by molar-refractivity contribution is 7.89. The molecule has 1 saturated carbocycles. The van der Waals surface area contributed by atoms with Crippen LogP contribution in [0.15, 0.2) is 23.1 Å². The van der Waals surface area contributed by atoms with Crippen molar-refractivity contribution < 1.29 is 13.2 Å². The van der Waals surface area contributed by atoms with E-state index < -0.39 is 10.0 Å². The summed E-state index contributed by atoms with van der Waals surface area (Å²) < 4.78 is 32.6. The zero-order chi connectivity index (χ0) is 14.8. The molecule has 1 unspecified atom stereocenters. The third-order valence-electron chi connectivity index (χ3n) is 3.98. The maximum atomic E-state index is 12.4. The fourth-order valence-corrected chi connectivity index (χ4v) is 3.79. The molecule has 0 aliphatic heterocycles. The minimum absolute atomic E-state index is 0.0304. The lowest BCUT2D eigenvalue weighted by Gasteiger charge is -2.31. The van der Waals surface area contributed by atoms with E-state index in [1.165, 1.54) is 6.42 Å². The number of methoxy groups -OCH3 is 1. The monoisotopic (exact) mass is 298 g/mol. The fourth-order valence-electron chi connectivity index (χ4n) is 2.43. The van der Waals surface area contributed by atoms with Gasteiger partial charge in [0.2, 0.25) is 10.0 Å². The molecule has 1 aromatic carbocycles. The summed E-state index contributed by atoms with van der Waals surface area (Å²) in [5.74, 6) is 1.07. The van der Waals surface area contributed by atoms with Crippen molar-refractivity contribution in [3.8, 4) is 5.75 Å². The third kappa shape index (κ3) is 3.13. The molecule has 3 N–H and O–H groups in total. The van der Waals surface area contributed by atoms with Crippen LogP contribution in [-0.4, -0.2) is 21.6 Å². The van der Waals surface area contributed by atoms with Crippen molar-refractivity contribution in [2.24, 2.45) is 11.7 Å². The van der Waals surface area contributed by atoms with E-state index >= 15 is 0 Å². The molecule has 0 heterocycles. The zero-order valence-corrected chi connectivity index (χ0v) is 12.7. The van der Waals surface area contributed by atoms with E-state index in [0.717, 1.165) is 12.8 Å². The number of ether oxygens (including phenoxy) is 1. The van der Waals surface area contributed by atoms with E-state index in [2.05, 4.69) is 4.72 Å². The Kier molecular flexibility index (Phi) is 4.67. The number of nitrogens with two attached hydrogens (primary N) is 1. The van der Waals surface area contributed by atoms with E-state index in [1.807, 2.05) is 6.92 Å². The van der Waals surface area contributed by atoms with Crippen LogP contribution in [0.3, 0.4) is 0 Å². The predicted molar refractivity (Wildman–Crippen MR) is 78.0 cm³/mol. The first-order valence-corrected chi connectivity index (χ1v) is 8.35. The van der Waals surface area contributed by atoms with Gasteiger partial charge in [0, 0.05) is 18.2 Å². The van der Waals surface area contributed by atoms with Crippen molar-refractivity contribution in [3.63, 3.8) is 0 Å². The smallest absolute Gasteiger partial charge is 0.240 e. The minimum Gasteiger partial charge on any atom is -0.496 e. The van der Waals surface area contributed by atoms with Crippen LogP contribution in [-0.2, 0) is 16.6 Å². The topological polar surface area (TPSA) is 81.4 Å². The predicted octanol–water partition coefficient (Wildman–Crippen LogP) is 1.62. The lowest BCUT2D eigenvalue weighted by atomic mass is 9.81. The van der Waals surface area contributed by atoms with Crippen LogP contribution in [0.2, 0.25) is 0 Å². The normalized spacial score (nSPS) is 17.6. The highest BCUT2D eigenvalue weighted by Crippen LogP contribution is 2.30. The Morgan fingerprint density at radius 3 is 2.65 bits per heavy atom. The highest BCUT2D eigenvalue weighted by Gasteiger charge is 2.28. The average molecular weight is 298 g/mol. The third-order valence-corrected chi connectivity index (χ3v) is 5.54. The lowest BCUT2D eigenvalue weighted by molar-refractivity contribution is 0.260. The molecule has 0 saturated heterocycles. The van der Waals surface area contributed by atoms with Crippen molar-refractivity contribution >= 4 is 10.0 Å². The Morgan fingerprint density at radius 1 is 1.45 bits per heavy atom. The molecule has 112 valence electrons. The van der Waals surface area contributed by atoms with Crippen LogP contribution in [0.1, 0.15) is 31.7 Å². The molecule has 1 aliphatic carbocycles. The zero-order valence-electron chi connectivity index (χ0n) is 11.9. The van der Waals surface area contributed by atoms with Crippen LogP contribution in [0.25, 0.3) is 0 Å². The van der Waals surface area contributed by atoms with Crippen LogP contribution in [0, 0.1) is 5.92 Å². The second-order valence-corrected chi connectivity index (χ2v) is 6.99. The standard InChI is InChI=1S/C14H22N2O3S/c1-10(11-4-3-5-11)16-20(17,18)13-6-7-14(19-2)12(8-13)9-15/h6-8,10-11,16H,3-5,9,15H2,1-2H3. The first-order chi connectivity index (χ1) is 9.47. The van der Waals surface area contributed by atoms with Crippen molar-refractivity contribution in [1.82, 2.24) is 4.72 Å². The maximum absolute atomic E-state index is 12.4. The first kappa shape index (κ1) is 15.3. The number of nitrogens with one attached hydrogen (secondary N) is 1. The molecule has 0 amide bonds. The summed E-state index contributed by atoms with van der Waals surface area (Å²) in [6.07, 6.45) is 3.39. The molecule has 1 aliphatic rings. The Bertz CT molecular complexity index is 568. The quantitative estimate of drug-likeness (QED) is 0.836. The second kappa shape index (κ2) is 6.11. The van der Waals surface area contributed by atoms with Gasteiger partial charge in [-0.3, -0.25) is 0 Å².